The van der Waals surface area contributed by atoms with Crippen LogP contribution in [0.5, 0.6) is 0 Å². The van der Waals surface area contributed by atoms with Crippen molar-refractivity contribution in [1.82, 2.24) is 9.13 Å². The minimum Gasteiger partial charge on any atom is -1.00 e. The zero-order chi connectivity index (χ0) is 33.1. The second-order valence-electron chi connectivity index (χ2n) is 11.1. The lowest BCUT2D eigenvalue weighted by Gasteiger charge is -2.11. The average Bonchev–Trinajstić information content (AvgIpc) is 3.50. The molecule has 266 valence electrons. The zero-order valence-corrected chi connectivity index (χ0v) is 28.5. The lowest BCUT2D eigenvalue weighted by molar-refractivity contribution is -0.657. The molecule has 0 bridgehead atoms. The van der Waals surface area contributed by atoms with E-state index in [1.165, 1.54) is 13.8 Å². The van der Waals surface area contributed by atoms with Crippen molar-refractivity contribution in [3.8, 4) is 0 Å². The number of aryl methyl sites for hydroxylation is 4. The van der Waals surface area contributed by atoms with Gasteiger partial charge >= 0.3 is 11.9 Å². The van der Waals surface area contributed by atoms with Gasteiger partial charge in [-0.1, -0.05) is 23.1 Å². The molecule has 17 heteroatoms. The predicted molar refractivity (Wildman–Crippen MR) is 178 cm³/mol. The normalized spacial score (nSPS) is 10.7. The van der Waals surface area contributed by atoms with E-state index in [0.29, 0.717) is 34.6 Å². The fourth-order valence-electron chi connectivity index (χ4n) is 4.78. The third-order valence-corrected chi connectivity index (χ3v) is 7.15. The number of aromatic nitrogens is 4. The summed E-state index contributed by atoms with van der Waals surface area (Å²) >= 11 is 0. The summed E-state index contributed by atoms with van der Waals surface area (Å²) in [7, 11) is 7.65. The molecule has 14 nitrogen and oxygen atoms in total. The zero-order valence-electron chi connectivity index (χ0n) is 28.5. The Kier molecular flexibility index (Phi) is 16.8. The van der Waals surface area contributed by atoms with Gasteiger partial charge in [0.15, 0.2) is 0 Å². The molecule has 0 fully saturated rings. The molecule has 4 N–H and O–H groups in total. The first-order valence-electron chi connectivity index (χ1n) is 15.3. The number of azo groups is 2. The SMILES string of the molecule is CC(=O)Nc1ccc(NCCCCCCNc2ccc(NC(C)=O)cc2N=Nc2n(C)cc[n+]2C)c(N=Nc2n(C)cc[n+]2C)c1.[F-].[F-].[F-]. The van der Waals surface area contributed by atoms with Crippen LogP contribution < -0.4 is 44.5 Å². The van der Waals surface area contributed by atoms with Gasteiger partial charge in [-0.2, -0.15) is 0 Å². The molecule has 4 aromatic rings. The van der Waals surface area contributed by atoms with E-state index in [1.54, 1.807) is 0 Å². The topological polar surface area (TPSA) is 149 Å². The second-order valence-corrected chi connectivity index (χ2v) is 11.1. The number of hydrogen-bond acceptors (Lipinski definition) is 8. The molecule has 0 saturated heterocycles. The van der Waals surface area contributed by atoms with Crippen LogP contribution in [0.2, 0.25) is 0 Å². The monoisotopic (exact) mass is 685 g/mol. The van der Waals surface area contributed by atoms with E-state index < -0.39 is 0 Å². The molecule has 0 aliphatic heterocycles. The molecule has 0 aliphatic rings. The van der Waals surface area contributed by atoms with Crippen molar-refractivity contribution >= 4 is 57.8 Å². The first kappa shape index (κ1) is 41.4. The number of anilines is 4. The van der Waals surface area contributed by atoms with Gasteiger partial charge in [0.1, 0.15) is 11.4 Å². The van der Waals surface area contributed by atoms with Gasteiger partial charge in [0.25, 0.3) is 0 Å². The Labute approximate surface area is 283 Å². The number of benzene rings is 2. The van der Waals surface area contributed by atoms with Crippen LogP contribution in [-0.4, -0.2) is 34.0 Å². The van der Waals surface area contributed by atoms with E-state index in [-0.39, 0.29) is 25.9 Å². The number of nitrogens with one attached hydrogen (secondary N) is 4. The highest BCUT2D eigenvalue weighted by Gasteiger charge is 2.14. The number of nitrogens with zero attached hydrogens (tertiary/aromatic N) is 8. The molecule has 0 unspecified atom stereocenters. The maximum atomic E-state index is 11.6. The Bertz CT molecular complexity index is 1570. The van der Waals surface area contributed by atoms with Crippen molar-refractivity contribution in [3.05, 3.63) is 61.2 Å². The highest BCUT2D eigenvalue weighted by molar-refractivity contribution is 5.90. The molecule has 4 rings (SSSR count). The number of carbonyl (C=O) groups excluding carboxylic acids is 2. The molecular formula is C32H44F3N12O2-. The van der Waals surface area contributed by atoms with E-state index in [4.69, 9.17) is 0 Å². The number of imidazole rings is 2. The Morgan fingerprint density at radius 1 is 0.633 bits per heavy atom. The maximum absolute atomic E-state index is 11.6. The Hall–Kier alpha value is -5.61. The van der Waals surface area contributed by atoms with Crippen molar-refractivity contribution in [3.63, 3.8) is 0 Å². The Morgan fingerprint density at radius 2 is 1.02 bits per heavy atom. The number of carbonyl (C=O) groups is 2. The van der Waals surface area contributed by atoms with Gasteiger partial charge in [-0.3, -0.25) is 9.59 Å². The van der Waals surface area contributed by atoms with Crippen LogP contribution in [0.1, 0.15) is 39.5 Å². The summed E-state index contributed by atoms with van der Waals surface area (Å²) in [5, 5.41) is 30.4. The van der Waals surface area contributed by atoms with Crippen LogP contribution in [-0.2, 0) is 37.8 Å². The van der Waals surface area contributed by atoms with E-state index in [1.807, 2.05) is 108 Å². The quantitative estimate of drug-likeness (QED) is 0.0595. The van der Waals surface area contributed by atoms with E-state index in [0.717, 1.165) is 50.1 Å². The molecule has 2 aromatic carbocycles. The van der Waals surface area contributed by atoms with Gasteiger partial charge in [-0.25, -0.2) is 18.3 Å². The standard InChI is InChI=1S/C32H42N12O2.3FH/c1-23(45)35-25-11-13-27(29(21-25)37-39-31-41(3)17-18-42(31)4)33-15-9-7-8-10-16-34-28-14-12-26(36-24(2)46)22-30(28)38-40-32-43(5)19-20-44(32)6;;;/h11-14,17-22H,7-10,15-16H2,1-6H3,(H2,35,36,37,38,45,46);3*1H/p-1. The van der Waals surface area contributed by atoms with Crippen molar-refractivity contribution < 1.29 is 32.8 Å². The average molecular weight is 686 g/mol. The highest BCUT2D eigenvalue weighted by Crippen LogP contribution is 2.31. The first-order valence-corrected chi connectivity index (χ1v) is 15.3. The molecular weight excluding hydrogens is 641 g/mol. The predicted octanol–water partition coefficient (Wildman–Crippen LogP) is -3.14. The van der Waals surface area contributed by atoms with Crippen LogP contribution in [0.15, 0.2) is 81.6 Å². The van der Waals surface area contributed by atoms with E-state index in [2.05, 4.69) is 41.7 Å². The summed E-state index contributed by atoms with van der Waals surface area (Å²) < 4.78 is 7.55. The molecule has 2 heterocycles. The van der Waals surface area contributed by atoms with Crippen LogP contribution in [0.25, 0.3) is 0 Å². The van der Waals surface area contributed by atoms with Crippen LogP contribution in [0, 0.1) is 0 Å². The van der Waals surface area contributed by atoms with E-state index in [9.17, 15) is 9.59 Å². The fraction of sp³-hybridized carbons (Fsp3) is 0.375. The van der Waals surface area contributed by atoms with Crippen LogP contribution >= 0.6 is 0 Å². The molecule has 2 amide bonds. The number of unbranched alkanes of at least 4 members (excludes halogenated alkanes) is 3. The Morgan fingerprint density at radius 3 is 1.35 bits per heavy atom. The second kappa shape index (κ2) is 19.9. The maximum Gasteiger partial charge on any atom is 0.421 e. The summed E-state index contributed by atoms with van der Waals surface area (Å²) in [6.45, 7) is 4.51. The van der Waals surface area contributed by atoms with Gasteiger partial charge < -0.3 is 35.4 Å². The lowest BCUT2D eigenvalue weighted by Crippen LogP contribution is -3.00. The molecule has 0 radical (unpaired) electrons. The summed E-state index contributed by atoms with van der Waals surface area (Å²) in [5.74, 6) is 1.12. The van der Waals surface area contributed by atoms with Crippen LogP contribution in [0.4, 0.5) is 46.0 Å². The summed E-state index contributed by atoms with van der Waals surface area (Å²) in [6, 6.07) is 11.2. The summed E-state index contributed by atoms with van der Waals surface area (Å²) in [4.78, 5) is 23.2. The van der Waals surface area contributed by atoms with Gasteiger partial charge in [0.05, 0.1) is 64.4 Å². The van der Waals surface area contributed by atoms with Gasteiger partial charge in [0, 0.05) is 48.5 Å². The number of halogens is 3. The largest absolute Gasteiger partial charge is 1.00 e. The summed E-state index contributed by atoms with van der Waals surface area (Å²) in [5.41, 5.74) is 4.33. The van der Waals surface area contributed by atoms with Gasteiger partial charge in [-0.05, 0) is 49.2 Å². The molecule has 0 saturated carbocycles. The van der Waals surface area contributed by atoms with Crippen molar-refractivity contribution in [1.29, 1.82) is 0 Å². The molecule has 0 atom stereocenters. The number of hydrogen-bond donors (Lipinski definition) is 4. The minimum atomic E-state index is -0.143. The van der Waals surface area contributed by atoms with Crippen molar-refractivity contribution in [2.24, 2.45) is 48.6 Å². The number of amides is 2. The first-order chi connectivity index (χ1) is 22.1. The fourth-order valence-corrected chi connectivity index (χ4v) is 4.78. The third-order valence-electron chi connectivity index (χ3n) is 7.15. The van der Waals surface area contributed by atoms with Crippen molar-refractivity contribution in [2.75, 3.05) is 34.4 Å². The minimum absolute atomic E-state index is 0. The van der Waals surface area contributed by atoms with Gasteiger partial charge in [-0.15, -0.1) is 0 Å². The molecule has 0 aliphatic carbocycles. The molecule has 2 aromatic heterocycles. The highest BCUT2D eigenvalue weighted by atomic mass is 19.0. The molecule has 0 spiro atoms. The number of rotatable bonds is 15. The van der Waals surface area contributed by atoms with Crippen LogP contribution in [0.3, 0.4) is 0 Å². The van der Waals surface area contributed by atoms with E-state index >= 15 is 0 Å². The van der Waals surface area contributed by atoms with Gasteiger partial charge in [0.2, 0.25) is 11.8 Å². The lowest BCUT2D eigenvalue weighted by atomic mass is 10.1. The van der Waals surface area contributed by atoms with Crippen molar-refractivity contribution in [2.45, 2.75) is 39.5 Å². The molecule has 49 heavy (non-hydrogen) atoms. The summed E-state index contributed by atoms with van der Waals surface area (Å²) in [6.07, 6.45) is 11.7. The smallest absolute Gasteiger partial charge is 0.421 e. The third kappa shape index (κ3) is 12.2. The Balaban J connectivity index is 0.00000400.